The Morgan fingerprint density at radius 2 is 1.73 bits per heavy atom. The topological polar surface area (TPSA) is 48.2 Å². The molecule has 0 aliphatic rings. The summed E-state index contributed by atoms with van der Waals surface area (Å²) in [5.74, 6) is 2.07. The molecule has 0 radical (unpaired) electrons. The van der Waals surface area contributed by atoms with E-state index in [1.807, 2.05) is 48.5 Å². The Hall–Kier alpha value is -2.62. The van der Waals surface area contributed by atoms with Crippen LogP contribution in [0.4, 0.5) is 0 Å². The maximum absolute atomic E-state index is 5.73. The van der Waals surface area contributed by atoms with Crippen LogP contribution in [0.25, 0.3) is 11.5 Å². The lowest BCUT2D eigenvalue weighted by atomic mass is 10.0. The van der Waals surface area contributed by atoms with E-state index in [-0.39, 0.29) is 0 Å². The maximum Gasteiger partial charge on any atom is 0.247 e. The lowest BCUT2D eigenvalue weighted by molar-refractivity contribution is 0.311. The van der Waals surface area contributed by atoms with Crippen molar-refractivity contribution in [1.29, 1.82) is 0 Å². The fourth-order valence-electron chi connectivity index (χ4n) is 2.32. The van der Waals surface area contributed by atoms with E-state index in [1.165, 1.54) is 5.56 Å². The minimum Gasteiger partial charge on any atom is -0.494 e. The molecule has 4 nitrogen and oxygen atoms in total. The van der Waals surface area contributed by atoms with Crippen molar-refractivity contribution in [2.24, 2.45) is 0 Å². The van der Waals surface area contributed by atoms with Gasteiger partial charge in [-0.1, -0.05) is 36.4 Å². The molecule has 0 N–H and O–H groups in total. The largest absolute Gasteiger partial charge is 0.494 e. The summed E-state index contributed by atoms with van der Waals surface area (Å²) in [5, 5.41) is 8.00. The summed E-state index contributed by atoms with van der Waals surface area (Å²) in [4.78, 5) is 0. The Labute approximate surface area is 129 Å². The molecule has 4 heteroatoms. The van der Waals surface area contributed by atoms with E-state index in [4.69, 9.17) is 9.15 Å². The number of hydrogen-bond acceptors (Lipinski definition) is 4. The molecule has 0 amide bonds. The molecule has 112 valence electrons. The lowest BCUT2D eigenvalue weighted by Gasteiger charge is -2.08. The van der Waals surface area contributed by atoms with Crippen LogP contribution in [0.1, 0.15) is 17.9 Å². The number of aromatic nitrogens is 2. The summed E-state index contributed by atoms with van der Waals surface area (Å²) in [5.41, 5.74) is 2.20. The Kier molecular flexibility index (Phi) is 4.49. The minimum atomic E-state index is 0.581. The summed E-state index contributed by atoms with van der Waals surface area (Å²) >= 11 is 0. The molecule has 0 atom stereocenters. The zero-order valence-corrected chi connectivity index (χ0v) is 12.5. The number of para-hydroxylation sites is 1. The number of benzene rings is 2. The zero-order chi connectivity index (χ0) is 15.2. The molecule has 3 aromatic rings. The van der Waals surface area contributed by atoms with Crippen LogP contribution < -0.4 is 4.74 Å². The molecule has 1 heterocycles. The smallest absolute Gasteiger partial charge is 0.247 e. The molecule has 0 unspecified atom stereocenters. The van der Waals surface area contributed by atoms with Gasteiger partial charge in [0.05, 0.1) is 6.61 Å². The summed E-state index contributed by atoms with van der Waals surface area (Å²) < 4.78 is 11.3. The van der Waals surface area contributed by atoms with Crippen molar-refractivity contribution in [3.8, 4) is 17.2 Å². The standard InChI is InChI=1S/C18H18N2O2/c1-14-19-20-18(22-14)17-12-6-5-8-15(17)9-7-13-21-16-10-3-2-4-11-16/h2-6,8,10-12H,7,9,13H2,1H3. The average molecular weight is 294 g/mol. The molecule has 0 bridgehead atoms. The fraction of sp³-hybridized carbons (Fsp3) is 0.222. The van der Waals surface area contributed by atoms with E-state index in [0.29, 0.717) is 18.4 Å². The minimum absolute atomic E-state index is 0.581. The van der Waals surface area contributed by atoms with Gasteiger partial charge in [-0.3, -0.25) is 0 Å². The Balaban J connectivity index is 1.61. The quantitative estimate of drug-likeness (QED) is 0.643. The Morgan fingerprint density at radius 3 is 2.50 bits per heavy atom. The zero-order valence-electron chi connectivity index (χ0n) is 12.5. The van der Waals surface area contributed by atoms with Gasteiger partial charge in [-0.2, -0.15) is 0 Å². The van der Waals surface area contributed by atoms with Crippen molar-refractivity contribution in [3.05, 3.63) is 66.1 Å². The Bertz CT molecular complexity index is 723. The highest BCUT2D eigenvalue weighted by Crippen LogP contribution is 2.23. The van der Waals surface area contributed by atoms with Gasteiger partial charge in [-0.25, -0.2) is 0 Å². The van der Waals surface area contributed by atoms with Crippen LogP contribution in [-0.2, 0) is 6.42 Å². The van der Waals surface area contributed by atoms with Crippen molar-refractivity contribution in [2.45, 2.75) is 19.8 Å². The fourth-order valence-corrected chi connectivity index (χ4v) is 2.32. The van der Waals surface area contributed by atoms with Crippen LogP contribution in [0.5, 0.6) is 5.75 Å². The van der Waals surface area contributed by atoms with Crippen molar-refractivity contribution in [2.75, 3.05) is 6.61 Å². The molecular formula is C18H18N2O2. The molecule has 3 rings (SSSR count). The maximum atomic E-state index is 5.73. The lowest BCUT2D eigenvalue weighted by Crippen LogP contribution is -2.00. The summed E-state index contributed by atoms with van der Waals surface area (Å²) in [6.07, 6.45) is 1.84. The second-order valence-corrected chi connectivity index (χ2v) is 5.05. The van der Waals surface area contributed by atoms with Gasteiger partial charge in [0.1, 0.15) is 5.75 Å². The first-order chi connectivity index (χ1) is 10.8. The number of aryl methyl sites for hydroxylation is 2. The number of ether oxygens (including phenoxy) is 1. The van der Waals surface area contributed by atoms with Gasteiger partial charge < -0.3 is 9.15 Å². The van der Waals surface area contributed by atoms with Gasteiger partial charge in [0.15, 0.2) is 0 Å². The molecule has 0 aliphatic heterocycles. The van der Waals surface area contributed by atoms with Crippen LogP contribution >= 0.6 is 0 Å². The normalized spacial score (nSPS) is 10.6. The first-order valence-corrected chi connectivity index (χ1v) is 7.39. The van der Waals surface area contributed by atoms with Crippen molar-refractivity contribution in [3.63, 3.8) is 0 Å². The van der Waals surface area contributed by atoms with Crippen LogP contribution in [0.15, 0.2) is 59.0 Å². The summed E-state index contributed by atoms with van der Waals surface area (Å²) in [6.45, 7) is 2.48. The van der Waals surface area contributed by atoms with Gasteiger partial charge >= 0.3 is 0 Å². The van der Waals surface area contributed by atoms with Gasteiger partial charge in [-0.15, -0.1) is 10.2 Å². The highest BCUT2D eigenvalue weighted by molar-refractivity contribution is 5.58. The molecule has 0 saturated heterocycles. The van der Waals surface area contributed by atoms with E-state index >= 15 is 0 Å². The first-order valence-electron chi connectivity index (χ1n) is 7.39. The molecule has 22 heavy (non-hydrogen) atoms. The predicted molar refractivity (Wildman–Crippen MR) is 84.7 cm³/mol. The van der Waals surface area contributed by atoms with E-state index in [9.17, 15) is 0 Å². The molecule has 0 saturated carbocycles. The van der Waals surface area contributed by atoms with E-state index in [0.717, 1.165) is 24.2 Å². The summed E-state index contributed by atoms with van der Waals surface area (Å²) in [6, 6.07) is 18.0. The Morgan fingerprint density at radius 1 is 0.955 bits per heavy atom. The molecule has 0 aliphatic carbocycles. The summed E-state index contributed by atoms with van der Waals surface area (Å²) in [7, 11) is 0. The second kappa shape index (κ2) is 6.89. The molecule has 1 aromatic heterocycles. The van der Waals surface area contributed by atoms with Crippen molar-refractivity contribution in [1.82, 2.24) is 10.2 Å². The molecular weight excluding hydrogens is 276 g/mol. The third-order valence-corrected chi connectivity index (χ3v) is 3.38. The van der Waals surface area contributed by atoms with Gasteiger partial charge in [0.2, 0.25) is 11.8 Å². The number of hydrogen-bond donors (Lipinski definition) is 0. The van der Waals surface area contributed by atoms with Crippen molar-refractivity contribution >= 4 is 0 Å². The third-order valence-electron chi connectivity index (χ3n) is 3.38. The monoisotopic (exact) mass is 294 g/mol. The molecule has 2 aromatic carbocycles. The molecule has 0 fully saturated rings. The van der Waals surface area contributed by atoms with Crippen molar-refractivity contribution < 1.29 is 9.15 Å². The SMILES string of the molecule is Cc1nnc(-c2ccccc2CCCOc2ccccc2)o1. The van der Waals surface area contributed by atoms with Crippen LogP contribution in [-0.4, -0.2) is 16.8 Å². The number of nitrogens with zero attached hydrogens (tertiary/aromatic N) is 2. The van der Waals surface area contributed by atoms with E-state index in [2.05, 4.69) is 16.3 Å². The number of rotatable bonds is 6. The van der Waals surface area contributed by atoms with Gasteiger partial charge in [0.25, 0.3) is 0 Å². The highest BCUT2D eigenvalue weighted by Gasteiger charge is 2.10. The van der Waals surface area contributed by atoms with Gasteiger partial charge in [0, 0.05) is 12.5 Å². The average Bonchev–Trinajstić information content (AvgIpc) is 2.99. The van der Waals surface area contributed by atoms with Gasteiger partial charge in [-0.05, 0) is 36.6 Å². The third kappa shape index (κ3) is 3.52. The van der Waals surface area contributed by atoms with E-state index in [1.54, 1.807) is 6.92 Å². The predicted octanol–water partition coefficient (Wildman–Crippen LogP) is 4.06. The van der Waals surface area contributed by atoms with Crippen LogP contribution in [0, 0.1) is 6.92 Å². The van der Waals surface area contributed by atoms with E-state index < -0.39 is 0 Å². The van der Waals surface area contributed by atoms with Crippen LogP contribution in [0.2, 0.25) is 0 Å². The second-order valence-electron chi connectivity index (χ2n) is 5.05. The highest BCUT2D eigenvalue weighted by atomic mass is 16.5. The molecule has 0 spiro atoms. The van der Waals surface area contributed by atoms with Crippen LogP contribution in [0.3, 0.4) is 0 Å². The first kappa shape index (κ1) is 14.3.